The van der Waals surface area contributed by atoms with Gasteiger partial charge in [0.15, 0.2) is 6.10 Å². The maximum Gasteiger partial charge on any atom is 0.342 e. The molecule has 0 saturated heterocycles. The van der Waals surface area contributed by atoms with Crippen LogP contribution in [0.4, 0.5) is 0 Å². The monoisotopic (exact) mass is 388 g/mol. The van der Waals surface area contributed by atoms with Gasteiger partial charge in [-0.2, -0.15) is 5.10 Å². The van der Waals surface area contributed by atoms with E-state index in [2.05, 4.69) is 5.10 Å². The van der Waals surface area contributed by atoms with E-state index in [1.54, 1.807) is 18.5 Å². The van der Waals surface area contributed by atoms with E-state index in [0.29, 0.717) is 22.5 Å². The SMILES string of the molecule is Cc1nn(-c2ccccc2)c(C)c1C(=O)O[C@@H](C)C(=O)c1ccc2c(c1)CCC2. The maximum atomic E-state index is 12.8. The van der Waals surface area contributed by atoms with Crippen molar-refractivity contribution in [1.82, 2.24) is 9.78 Å². The molecule has 3 aromatic rings. The molecule has 0 radical (unpaired) electrons. The van der Waals surface area contributed by atoms with Crippen molar-refractivity contribution in [2.45, 2.75) is 46.1 Å². The molecule has 0 spiro atoms. The lowest BCUT2D eigenvalue weighted by atomic mass is 10.0. The molecule has 0 amide bonds. The molecule has 0 unspecified atom stereocenters. The third kappa shape index (κ3) is 3.60. The maximum absolute atomic E-state index is 12.8. The van der Waals surface area contributed by atoms with Crippen LogP contribution in [0.3, 0.4) is 0 Å². The highest BCUT2D eigenvalue weighted by Gasteiger charge is 2.26. The van der Waals surface area contributed by atoms with Crippen molar-refractivity contribution in [2.24, 2.45) is 0 Å². The molecule has 2 aromatic carbocycles. The van der Waals surface area contributed by atoms with Gasteiger partial charge in [-0.05, 0) is 69.4 Å². The average Bonchev–Trinajstić information content (AvgIpc) is 3.31. The van der Waals surface area contributed by atoms with Gasteiger partial charge in [-0.3, -0.25) is 4.79 Å². The molecule has 5 heteroatoms. The summed E-state index contributed by atoms with van der Waals surface area (Å²) < 4.78 is 7.26. The Morgan fingerprint density at radius 3 is 2.52 bits per heavy atom. The smallest absolute Gasteiger partial charge is 0.342 e. The first-order valence-electron chi connectivity index (χ1n) is 9.94. The minimum atomic E-state index is -0.860. The van der Waals surface area contributed by atoms with E-state index in [9.17, 15) is 9.59 Å². The number of ether oxygens (including phenoxy) is 1. The Labute approximate surface area is 170 Å². The number of hydrogen-bond donors (Lipinski definition) is 0. The standard InChI is InChI=1S/C24H24N2O3/c1-15-22(16(2)26(25-15)21-10-5-4-6-11-21)24(28)29-17(3)23(27)20-13-12-18-8-7-9-19(18)14-20/h4-6,10-14,17H,7-9H2,1-3H3/t17-/m0/s1. The van der Waals surface area contributed by atoms with Crippen LogP contribution >= 0.6 is 0 Å². The van der Waals surface area contributed by atoms with E-state index >= 15 is 0 Å². The molecule has 148 valence electrons. The van der Waals surface area contributed by atoms with Crippen LogP contribution in [0.5, 0.6) is 0 Å². The second-order valence-corrected chi connectivity index (χ2v) is 7.54. The fourth-order valence-corrected chi connectivity index (χ4v) is 3.99. The van der Waals surface area contributed by atoms with E-state index in [-0.39, 0.29) is 5.78 Å². The lowest BCUT2D eigenvalue weighted by Crippen LogP contribution is -2.25. The first-order chi connectivity index (χ1) is 14.0. The summed E-state index contributed by atoms with van der Waals surface area (Å²) in [4.78, 5) is 25.6. The Morgan fingerprint density at radius 2 is 1.76 bits per heavy atom. The highest BCUT2D eigenvalue weighted by Crippen LogP contribution is 2.24. The Hall–Kier alpha value is -3.21. The van der Waals surface area contributed by atoms with Crippen molar-refractivity contribution >= 4 is 11.8 Å². The zero-order chi connectivity index (χ0) is 20.5. The van der Waals surface area contributed by atoms with Gasteiger partial charge in [0, 0.05) is 5.56 Å². The Balaban J connectivity index is 1.53. The van der Waals surface area contributed by atoms with E-state index in [4.69, 9.17) is 4.74 Å². The summed E-state index contributed by atoms with van der Waals surface area (Å²) in [6.45, 7) is 5.23. The van der Waals surface area contributed by atoms with Gasteiger partial charge in [-0.15, -0.1) is 0 Å². The van der Waals surface area contributed by atoms with Gasteiger partial charge in [0.1, 0.15) is 5.56 Å². The highest BCUT2D eigenvalue weighted by molar-refractivity contribution is 6.02. The second-order valence-electron chi connectivity index (χ2n) is 7.54. The van der Waals surface area contributed by atoms with Gasteiger partial charge >= 0.3 is 5.97 Å². The molecule has 5 nitrogen and oxygen atoms in total. The number of aryl methyl sites for hydroxylation is 3. The zero-order valence-electron chi connectivity index (χ0n) is 16.9. The fraction of sp³-hybridized carbons (Fsp3) is 0.292. The molecule has 29 heavy (non-hydrogen) atoms. The van der Waals surface area contributed by atoms with E-state index in [0.717, 1.165) is 24.9 Å². The number of carbonyl (C=O) groups is 2. The van der Waals surface area contributed by atoms with Crippen LogP contribution in [0.1, 0.15) is 56.6 Å². The van der Waals surface area contributed by atoms with Gasteiger partial charge in [0.25, 0.3) is 0 Å². The number of benzene rings is 2. The summed E-state index contributed by atoms with van der Waals surface area (Å²) in [5.74, 6) is -0.706. The number of aromatic nitrogens is 2. The van der Waals surface area contributed by atoms with Crippen LogP contribution < -0.4 is 0 Å². The first kappa shape index (κ1) is 19.1. The second kappa shape index (κ2) is 7.66. The number of para-hydroxylation sites is 1. The van der Waals surface area contributed by atoms with Crippen molar-refractivity contribution < 1.29 is 14.3 Å². The van der Waals surface area contributed by atoms with Gasteiger partial charge in [0.05, 0.1) is 17.1 Å². The zero-order valence-corrected chi connectivity index (χ0v) is 16.9. The van der Waals surface area contributed by atoms with Crippen LogP contribution in [0.2, 0.25) is 0 Å². The number of fused-ring (bicyclic) bond motifs is 1. The normalized spacial score (nSPS) is 13.8. The molecule has 0 bridgehead atoms. The molecule has 1 aliphatic carbocycles. The topological polar surface area (TPSA) is 61.2 Å². The van der Waals surface area contributed by atoms with Crippen molar-refractivity contribution in [2.75, 3.05) is 0 Å². The van der Waals surface area contributed by atoms with Gasteiger partial charge < -0.3 is 4.74 Å². The molecule has 4 rings (SSSR count). The predicted octanol–water partition coefficient (Wildman–Crippen LogP) is 4.41. The minimum Gasteiger partial charge on any atom is -0.451 e. The molecule has 1 aromatic heterocycles. The number of rotatable bonds is 5. The molecular weight excluding hydrogens is 364 g/mol. The van der Waals surface area contributed by atoms with Crippen molar-refractivity contribution in [3.63, 3.8) is 0 Å². The van der Waals surface area contributed by atoms with Crippen LogP contribution in [0.15, 0.2) is 48.5 Å². The third-order valence-electron chi connectivity index (χ3n) is 5.53. The third-order valence-corrected chi connectivity index (χ3v) is 5.53. The number of nitrogens with zero attached hydrogens (tertiary/aromatic N) is 2. The molecule has 1 atom stereocenters. The van der Waals surface area contributed by atoms with Crippen molar-refractivity contribution in [3.05, 3.63) is 82.2 Å². The molecule has 0 aliphatic heterocycles. The minimum absolute atomic E-state index is 0.182. The lowest BCUT2D eigenvalue weighted by Gasteiger charge is -2.13. The van der Waals surface area contributed by atoms with Crippen molar-refractivity contribution in [1.29, 1.82) is 0 Å². The van der Waals surface area contributed by atoms with Crippen LogP contribution in [-0.4, -0.2) is 27.6 Å². The summed E-state index contributed by atoms with van der Waals surface area (Å²) in [7, 11) is 0. The number of hydrogen-bond acceptors (Lipinski definition) is 4. The first-order valence-corrected chi connectivity index (χ1v) is 9.94. The Bertz CT molecular complexity index is 1080. The predicted molar refractivity (Wildman–Crippen MR) is 111 cm³/mol. The summed E-state index contributed by atoms with van der Waals surface area (Å²) in [5, 5.41) is 4.48. The lowest BCUT2D eigenvalue weighted by molar-refractivity contribution is 0.0317. The number of ketones is 1. The van der Waals surface area contributed by atoms with Gasteiger partial charge in [-0.1, -0.05) is 30.3 Å². The molecule has 0 saturated carbocycles. The molecule has 1 heterocycles. The summed E-state index contributed by atoms with van der Waals surface area (Å²) in [6.07, 6.45) is 2.34. The fourth-order valence-electron chi connectivity index (χ4n) is 3.99. The molecule has 1 aliphatic rings. The summed E-state index contributed by atoms with van der Waals surface area (Å²) in [5.41, 5.74) is 5.68. The largest absolute Gasteiger partial charge is 0.451 e. The van der Waals surface area contributed by atoms with Crippen LogP contribution in [0, 0.1) is 13.8 Å². The number of esters is 1. The quantitative estimate of drug-likeness (QED) is 0.480. The van der Waals surface area contributed by atoms with Crippen molar-refractivity contribution in [3.8, 4) is 5.69 Å². The highest BCUT2D eigenvalue weighted by atomic mass is 16.5. The van der Waals surface area contributed by atoms with Crippen LogP contribution in [-0.2, 0) is 17.6 Å². The summed E-state index contributed by atoms with van der Waals surface area (Å²) >= 11 is 0. The molecular formula is C24H24N2O3. The Kier molecular flexibility index (Phi) is 5.05. The molecule has 0 N–H and O–H groups in total. The summed E-state index contributed by atoms with van der Waals surface area (Å²) in [6, 6.07) is 15.4. The average molecular weight is 388 g/mol. The van der Waals surface area contributed by atoms with E-state index in [1.165, 1.54) is 11.1 Å². The Morgan fingerprint density at radius 1 is 1.03 bits per heavy atom. The van der Waals surface area contributed by atoms with E-state index < -0.39 is 12.1 Å². The number of Topliss-reactive ketones (excluding diaryl/α,β-unsaturated/α-hetero) is 1. The molecule has 0 fully saturated rings. The van der Waals surface area contributed by atoms with E-state index in [1.807, 2.05) is 55.5 Å². The van der Waals surface area contributed by atoms with Gasteiger partial charge in [-0.25, -0.2) is 9.48 Å². The van der Waals surface area contributed by atoms with Crippen LogP contribution in [0.25, 0.3) is 5.69 Å². The van der Waals surface area contributed by atoms with Gasteiger partial charge in [0.2, 0.25) is 5.78 Å². The number of carbonyl (C=O) groups excluding carboxylic acids is 2.